The van der Waals surface area contributed by atoms with Crippen molar-refractivity contribution in [2.24, 2.45) is 23.1 Å². The van der Waals surface area contributed by atoms with Crippen molar-refractivity contribution in [1.29, 1.82) is 0 Å². The Bertz CT molecular complexity index is 972. The number of hydrogen-bond donors (Lipinski definition) is 7. The Morgan fingerprint density at radius 3 is 1.97 bits per heavy atom. The van der Waals surface area contributed by atoms with E-state index >= 15 is 0 Å². The summed E-state index contributed by atoms with van der Waals surface area (Å²) in [6, 6.07) is 3.71. The van der Waals surface area contributed by atoms with Gasteiger partial charge in [-0.2, -0.15) is 0 Å². The lowest BCUT2D eigenvalue weighted by Gasteiger charge is -2.28. The fourth-order valence-electron chi connectivity index (χ4n) is 3.41. The first-order valence-electron chi connectivity index (χ1n) is 11.9. The number of hydrogen-bond acceptors (Lipinski definition) is 7. The number of carbonyl (C=O) groups is 6. The minimum atomic E-state index is -1.41. The zero-order valence-electron chi connectivity index (χ0n) is 20.9. The molecule has 10 N–H and O–H groups in total. The van der Waals surface area contributed by atoms with Crippen LogP contribution in [-0.4, -0.2) is 64.8 Å². The van der Waals surface area contributed by atoms with Crippen LogP contribution in [0.15, 0.2) is 30.3 Å². The highest BCUT2D eigenvalue weighted by molar-refractivity contribution is 5.95. The maximum atomic E-state index is 13.2. The number of primary amides is 2. The van der Waals surface area contributed by atoms with E-state index in [0.717, 1.165) is 0 Å². The summed E-state index contributed by atoms with van der Waals surface area (Å²) in [7, 11) is 0. The molecule has 13 nitrogen and oxygen atoms in total. The summed E-state index contributed by atoms with van der Waals surface area (Å²) in [6.07, 6.45) is -0.413. The van der Waals surface area contributed by atoms with Crippen molar-refractivity contribution in [3.63, 3.8) is 0 Å². The van der Waals surface area contributed by atoms with Crippen molar-refractivity contribution in [3.8, 4) is 0 Å². The van der Waals surface area contributed by atoms with Crippen molar-refractivity contribution in [2.75, 3.05) is 0 Å². The maximum Gasteiger partial charge on any atom is 0.326 e. The van der Waals surface area contributed by atoms with Gasteiger partial charge in [0.1, 0.15) is 18.1 Å². The quantitative estimate of drug-likeness (QED) is 0.132. The number of carbonyl (C=O) groups excluding carboxylic acids is 5. The van der Waals surface area contributed by atoms with Crippen LogP contribution < -0.4 is 33.2 Å². The number of benzene rings is 1. The molecule has 0 fully saturated rings. The molecule has 5 amide bonds. The topological polar surface area (TPSA) is 237 Å². The average molecular weight is 521 g/mol. The van der Waals surface area contributed by atoms with Crippen molar-refractivity contribution in [2.45, 2.75) is 70.1 Å². The highest BCUT2D eigenvalue weighted by Crippen LogP contribution is 2.11. The van der Waals surface area contributed by atoms with E-state index < -0.39 is 66.1 Å². The van der Waals surface area contributed by atoms with Crippen LogP contribution in [0.1, 0.15) is 45.1 Å². The Hall–Kier alpha value is -4.00. The number of nitrogens with one attached hydrogen (secondary N) is 3. The summed E-state index contributed by atoms with van der Waals surface area (Å²) in [5.41, 5.74) is 16.6. The van der Waals surface area contributed by atoms with Gasteiger partial charge in [0, 0.05) is 12.8 Å². The molecule has 0 aliphatic heterocycles. The molecule has 0 radical (unpaired) electrons. The first kappa shape index (κ1) is 31.0. The molecule has 0 heterocycles. The molecule has 0 spiro atoms. The summed E-state index contributed by atoms with van der Waals surface area (Å²) in [6.45, 7) is 3.51. The van der Waals surface area contributed by atoms with E-state index in [1.54, 1.807) is 44.2 Å². The van der Waals surface area contributed by atoms with Crippen LogP contribution in [-0.2, 0) is 35.2 Å². The molecular formula is C24H36N6O7. The molecular weight excluding hydrogens is 484 g/mol. The zero-order chi connectivity index (χ0) is 28.1. The monoisotopic (exact) mass is 520 g/mol. The van der Waals surface area contributed by atoms with Crippen LogP contribution >= 0.6 is 0 Å². The highest BCUT2D eigenvalue weighted by atomic mass is 16.4. The van der Waals surface area contributed by atoms with Crippen molar-refractivity contribution in [3.05, 3.63) is 35.9 Å². The Balaban J connectivity index is 3.15. The van der Waals surface area contributed by atoms with E-state index in [9.17, 15) is 33.9 Å². The molecule has 0 aromatic heterocycles. The lowest BCUT2D eigenvalue weighted by atomic mass is 9.96. The van der Waals surface area contributed by atoms with Crippen molar-refractivity contribution < 1.29 is 33.9 Å². The molecule has 0 aliphatic carbocycles. The Morgan fingerprint density at radius 1 is 0.865 bits per heavy atom. The molecule has 0 bridgehead atoms. The largest absolute Gasteiger partial charge is 0.480 e. The number of carboxylic acids is 1. The van der Waals surface area contributed by atoms with Gasteiger partial charge in [-0.25, -0.2) is 4.79 Å². The molecule has 0 aliphatic rings. The van der Waals surface area contributed by atoms with Gasteiger partial charge in [-0.1, -0.05) is 50.6 Å². The molecule has 1 aromatic carbocycles. The van der Waals surface area contributed by atoms with Gasteiger partial charge in [-0.15, -0.1) is 0 Å². The van der Waals surface area contributed by atoms with Gasteiger partial charge in [0.2, 0.25) is 29.5 Å². The molecule has 13 heteroatoms. The Morgan fingerprint density at radius 2 is 1.46 bits per heavy atom. The lowest BCUT2D eigenvalue weighted by Crippen LogP contribution is -2.59. The number of amides is 5. The number of carboxylic acid groups (broad SMARTS) is 1. The second-order valence-corrected chi connectivity index (χ2v) is 8.80. The molecule has 1 rings (SSSR count). The van der Waals surface area contributed by atoms with E-state index in [-0.39, 0.29) is 25.2 Å². The minimum Gasteiger partial charge on any atom is -0.480 e. The summed E-state index contributed by atoms with van der Waals surface area (Å²) in [5.74, 6) is -5.52. The standard InChI is InChI=1S/C24H36N6O7/c1-3-13(2)20(30-21(33)15(25)12-19(27)32)23(35)29-17(11-14-7-5-4-6-8-14)22(34)28-16(24(36)37)9-10-18(26)31/h4-8,13,15-17,20H,3,9-12,25H2,1-2H3,(H2,26,31)(H2,27,32)(H,28,34)(H,29,35)(H,30,33)(H,36,37). The third kappa shape index (κ3) is 11.1. The van der Waals surface area contributed by atoms with Crippen LogP contribution in [0.25, 0.3) is 0 Å². The second-order valence-electron chi connectivity index (χ2n) is 8.80. The first-order chi connectivity index (χ1) is 17.3. The van der Waals surface area contributed by atoms with E-state index in [2.05, 4.69) is 16.0 Å². The first-order valence-corrected chi connectivity index (χ1v) is 11.9. The molecule has 37 heavy (non-hydrogen) atoms. The fraction of sp³-hybridized carbons (Fsp3) is 0.500. The SMILES string of the molecule is CCC(C)C(NC(=O)C(N)CC(N)=O)C(=O)NC(Cc1ccccc1)C(=O)NC(CCC(N)=O)C(=O)O. The van der Waals surface area contributed by atoms with Crippen LogP contribution in [0.5, 0.6) is 0 Å². The second kappa shape index (κ2) is 15.2. The van der Waals surface area contributed by atoms with Crippen LogP contribution in [0.3, 0.4) is 0 Å². The number of nitrogens with two attached hydrogens (primary N) is 3. The van der Waals surface area contributed by atoms with E-state index in [4.69, 9.17) is 17.2 Å². The third-order valence-corrected chi connectivity index (χ3v) is 5.76. The molecule has 204 valence electrons. The van der Waals surface area contributed by atoms with Gasteiger partial charge in [-0.05, 0) is 17.9 Å². The molecule has 1 aromatic rings. The van der Waals surface area contributed by atoms with E-state index in [1.165, 1.54) is 0 Å². The predicted molar refractivity (Wildman–Crippen MR) is 133 cm³/mol. The van der Waals surface area contributed by atoms with Crippen molar-refractivity contribution >= 4 is 35.5 Å². The van der Waals surface area contributed by atoms with Crippen LogP contribution in [0, 0.1) is 5.92 Å². The highest BCUT2D eigenvalue weighted by Gasteiger charge is 2.32. The van der Waals surface area contributed by atoms with Crippen molar-refractivity contribution in [1.82, 2.24) is 16.0 Å². The average Bonchev–Trinajstić information content (AvgIpc) is 2.83. The van der Waals surface area contributed by atoms with E-state index in [0.29, 0.717) is 12.0 Å². The molecule has 5 atom stereocenters. The van der Waals surface area contributed by atoms with Gasteiger partial charge in [0.05, 0.1) is 12.5 Å². The third-order valence-electron chi connectivity index (χ3n) is 5.76. The van der Waals surface area contributed by atoms with Gasteiger partial charge in [0.15, 0.2) is 0 Å². The van der Waals surface area contributed by atoms with Gasteiger partial charge >= 0.3 is 5.97 Å². The van der Waals surface area contributed by atoms with Gasteiger partial charge < -0.3 is 38.3 Å². The predicted octanol–water partition coefficient (Wildman–Crippen LogP) is -1.72. The normalized spacial score (nSPS) is 14.8. The Labute approximate surface area is 214 Å². The molecule has 0 saturated heterocycles. The maximum absolute atomic E-state index is 13.2. The fourth-order valence-corrected chi connectivity index (χ4v) is 3.41. The molecule has 0 saturated carbocycles. The van der Waals surface area contributed by atoms with Crippen LogP contribution in [0.2, 0.25) is 0 Å². The summed E-state index contributed by atoms with van der Waals surface area (Å²) >= 11 is 0. The van der Waals surface area contributed by atoms with Gasteiger partial charge in [-0.3, -0.25) is 24.0 Å². The molecule has 5 unspecified atom stereocenters. The zero-order valence-corrected chi connectivity index (χ0v) is 20.9. The summed E-state index contributed by atoms with van der Waals surface area (Å²) in [5, 5.41) is 16.9. The van der Waals surface area contributed by atoms with E-state index in [1.807, 2.05) is 0 Å². The van der Waals surface area contributed by atoms with Crippen LogP contribution in [0.4, 0.5) is 0 Å². The van der Waals surface area contributed by atoms with Gasteiger partial charge in [0.25, 0.3) is 0 Å². The number of rotatable bonds is 16. The number of aliphatic carboxylic acids is 1. The minimum absolute atomic E-state index is 0.0168. The lowest BCUT2D eigenvalue weighted by molar-refractivity contribution is -0.142. The smallest absolute Gasteiger partial charge is 0.326 e. The summed E-state index contributed by atoms with van der Waals surface area (Å²) < 4.78 is 0. The summed E-state index contributed by atoms with van der Waals surface area (Å²) in [4.78, 5) is 72.6. The Kier molecular flexibility index (Phi) is 12.7.